The van der Waals surface area contributed by atoms with Gasteiger partial charge in [0.2, 0.25) is 6.10 Å². The predicted octanol–water partition coefficient (Wildman–Crippen LogP) is 6.71. The Bertz CT molecular complexity index is 981. The monoisotopic (exact) mass is 617 g/mol. The van der Waals surface area contributed by atoms with Gasteiger partial charge in [-0.2, -0.15) is 5.26 Å². The van der Waals surface area contributed by atoms with Crippen LogP contribution >= 0.6 is 45.2 Å². The number of carbonyl (C=O) groups is 1. The highest BCUT2D eigenvalue weighted by atomic mass is 127. The van der Waals surface area contributed by atoms with Crippen LogP contribution in [0.1, 0.15) is 25.5 Å². The highest BCUT2D eigenvalue weighted by Crippen LogP contribution is 2.60. The van der Waals surface area contributed by atoms with E-state index in [4.69, 9.17) is 9.47 Å². The number of esters is 1. The van der Waals surface area contributed by atoms with Crippen LogP contribution in [0.25, 0.3) is 0 Å². The lowest BCUT2D eigenvalue weighted by Crippen LogP contribution is -2.14. The molecule has 150 valence electrons. The molecule has 1 aliphatic carbocycles. The maximum atomic E-state index is 14.2. The van der Waals surface area contributed by atoms with E-state index in [1.807, 2.05) is 32.1 Å². The van der Waals surface area contributed by atoms with Gasteiger partial charge in [0.15, 0.2) is 11.6 Å². The van der Waals surface area contributed by atoms with Gasteiger partial charge in [-0.25, -0.2) is 4.39 Å². The number of benzene rings is 2. The number of nitriles is 1. The van der Waals surface area contributed by atoms with Crippen LogP contribution < -0.4 is 4.74 Å². The summed E-state index contributed by atoms with van der Waals surface area (Å²) in [6, 6.07) is 14.8. The summed E-state index contributed by atoms with van der Waals surface area (Å²) in [5.41, 5.74) is 0.144. The molecule has 0 amide bonds. The molecule has 2 aromatic carbocycles. The normalized spacial score (nSPS) is 20.1. The van der Waals surface area contributed by atoms with Gasteiger partial charge in [0.1, 0.15) is 11.8 Å². The van der Waals surface area contributed by atoms with Gasteiger partial charge in [0, 0.05) is 7.15 Å². The molecule has 0 heterocycles. The van der Waals surface area contributed by atoms with Crippen molar-refractivity contribution in [3.63, 3.8) is 0 Å². The Kier molecular flexibility index (Phi) is 6.83. The lowest BCUT2D eigenvalue weighted by molar-refractivity contribution is -0.149. The molecule has 0 aromatic heterocycles. The molecule has 1 unspecified atom stereocenters. The summed E-state index contributed by atoms with van der Waals surface area (Å²) in [4.78, 5) is 12.7. The summed E-state index contributed by atoms with van der Waals surface area (Å²) in [5, 5.41) is 9.55. The number of hydrogen-bond acceptors (Lipinski definition) is 4. The van der Waals surface area contributed by atoms with E-state index in [2.05, 4.69) is 45.2 Å². The zero-order valence-corrected chi connectivity index (χ0v) is 20.0. The van der Waals surface area contributed by atoms with Crippen LogP contribution in [0.15, 0.2) is 56.2 Å². The number of para-hydroxylation sites is 1. The van der Waals surface area contributed by atoms with Crippen LogP contribution in [0.3, 0.4) is 0 Å². The molecule has 2 aromatic rings. The van der Waals surface area contributed by atoms with Crippen molar-refractivity contribution in [1.29, 1.82) is 5.26 Å². The first-order valence-electron chi connectivity index (χ1n) is 8.89. The molecule has 0 N–H and O–H groups in total. The van der Waals surface area contributed by atoms with Gasteiger partial charge in [-0.15, -0.1) is 0 Å². The molecule has 0 radical (unpaired) electrons. The molecule has 0 spiro atoms. The third-order valence-electron chi connectivity index (χ3n) is 5.05. The van der Waals surface area contributed by atoms with Crippen LogP contribution in [0, 0.1) is 34.4 Å². The van der Waals surface area contributed by atoms with Gasteiger partial charge in [-0.1, -0.05) is 44.2 Å². The summed E-state index contributed by atoms with van der Waals surface area (Å²) in [7, 11) is 0. The number of carbonyl (C=O) groups excluding carboxylic acids is 1. The Labute approximate surface area is 196 Å². The summed E-state index contributed by atoms with van der Waals surface area (Å²) < 4.78 is 26.3. The third-order valence-corrected chi connectivity index (χ3v) is 5.77. The Morgan fingerprint density at radius 1 is 1.24 bits per heavy atom. The number of rotatable bonds is 6. The molecule has 0 aliphatic heterocycles. The van der Waals surface area contributed by atoms with E-state index in [9.17, 15) is 14.4 Å². The standard InChI is InChI=1S/C22H18FI2NO3/c1-22(2)15(11-19(24)25)20(22)21(27)29-18(12-26)13-8-9-16(23)17(10-13)28-14-6-4-3-5-7-14/h3-11,15,18,20H,1-2H3/t15-,18?,20-/m1/s1. The van der Waals surface area contributed by atoms with Crippen LogP contribution in [-0.2, 0) is 9.53 Å². The van der Waals surface area contributed by atoms with Gasteiger partial charge in [-0.05, 0) is 80.8 Å². The van der Waals surface area contributed by atoms with E-state index < -0.39 is 17.9 Å². The molecule has 4 nitrogen and oxygen atoms in total. The van der Waals surface area contributed by atoms with Gasteiger partial charge >= 0.3 is 5.97 Å². The molecule has 1 aliphatic rings. The Balaban J connectivity index is 1.77. The van der Waals surface area contributed by atoms with Crippen molar-refractivity contribution in [2.24, 2.45) is 17.3 Å². The van der Waals surface area contributed by atoms with E-state index in [0.29, 0.717) is 11.3 Å². The molecule has 7 heteroatoms. The minimum atomic E-state index is -1.14. The van der Waals surface area contributed by atoms with Gasteiger partial charge < -0.3 is 9.47 Å². The quantitative estimate of drug-likeness (QED) is 0.267. The van der Waals surface area contributed by atoms with Gasteiger partial charge in [-0.3, -0.25) is 4.79 Å². The lowest BCUT2D eigenvalue weighted by atomic mass is 10.1. The average Bonchev–Trinajstić information content (AvgIpc) is 3.21. The third kappa shape index (κ3) is 5.09. The van der Waals surface area contributed by atoms with Crippen molar-refractivity contribution < 1.29 is 18.7 Å². The van der Waals surface area contributed by atoms with E-state index in [0.717, 1.165) is 1.59 Å². The molecule has 0 saturated heterocycles. The van der Waals surface area contributed by atoms with Crippen molar-refractivity contribution >= 4 is 51.2 Å². The SMILES string of the molecule is CC1(C)[C@H](C=C(I)I)[C@@H]1C(=O)OC(C#N)c1ccc(F)c(Oc2ccccc2)c1. The van der Waals surface area contributed by atoms with E-state index in [-0.39, 0.29) is 23.0 Å². The Hall–Kier alpha value is -1.67. The van der Waals surface area contributed by atoms with Crippen LogP contribution in [0.2, 0.25) is 0 Å². The van der Waals surface area contributed by atoms with Crippen LogP contribution in [0.4, 0.5) is 4.39 Å². The number of allylic oxidation sites excluding steroid dienone is 1. The molecule has 3 rings (SSSR count). The summed E-state index contributed by atoms with van der Waals surface area (Å²) in [5.74, 6) is -0.784. The maximum absolute atomic E-state index is 14.2. The van der Waals surface area contributed by atoms with E-state index in [1.54, 1.807) is 24.3 Å². The topological polar surface area (TPSA) is 59.3 Å². The van der Waals surface area contributed by atoms with Gasteiger partial charge in [0.05, 0.1) is 5.92 Å². The summed E-state index contributed by atoms with van der Waals surface area (Å²) in [6.07, 6.45) is 0.902. The van der Waals surface area contributed by atoms with Crippen LogP contribution in [0.5, 0.6) is 11.5 Å². The second-order valence-electron chi connectivity index (χ2n) is 7.33. The number of ether oxygens (including phenoxy) is 2. The number of nitrogens with zero attached hydrogens (tertiary/aromatic N) is 1. The molecule has 0 bridgehead atoms. The fraction of sp³-hybridized carbons (Fsp3) is 0.273. The zero-order valence-electron chi connectivity index (χ0n) is 15.7. The van der Waals surface area contributed by atoms with Crippen molar-refractivity contribution in [1.82, 2.24) is 0 Å². The first-order valence-corrected chi connectivity index (χ1v) is 11.0. The predicted molar refractivity (Wildman–Crippen MR) is 124 cm³/mol. The van der Waals surface area contributed by atoms with Crippen molar-refractivity contribution in [3.8, 4) is 17.6 Å². The smallest absolute Gasteiger partial charge is 0.311 e. The fourth-order valence-electron chi connectivity index (χ4n) is 3.31. The highest BCUT2D eigenvalue weighted by Gasteiger charge is 2.61. The summed E-state index contributed by atoms with van der Waals surface area (Å²) >= 11 is 4.40. The second-order valence-corrected chi connectivity index (χ2v) is 11.7. The number of hydrogen-bond donors (Lipinski definition) is 0. The largest absolute Gasteiger partial charge is 0.454 e. The van der Waals surface area contributed by atoms with Crippen molar-refractivity contribution in [3.05, 3.63) is 67.6 Å². The van der Waals surface area contributed by atoms with Gasteiger partial charge in [0.25, 0.3) is 0 Å². The van der Waals surface area contributed by atoms with Crippen LogP contribution in [-0.4, -0.2) is 5.97 Å². The van der Waals surface area contributed by atoms with Crippen molar-refractivity contribution in [2.45, 2.75) is 20.0 Å². The summed E-state index contributed by atoms with van der Waals surface area (Å²) in [6.45, 7) is 4.00. The molecular weight excluding hydrogens is 599 g/mol. The Morgan fingerprint density at radius 2 is 1.93 bits per heavy atom. The molecule has 29 heavy (non-hydrogen) atoms. The fourth-order valence-corrected chi connectivity index (χ4v) is 4.08. The highest BCUT2D eigenvalue weighted by molar-refractivity contribution is 14.2. The molecule has 1 saturated carbocycles. The van der Waals surface area contributed by atoms with E-state index in [1.165, 1.54) is 18.2 Å². The van der Waals surface area contributed by atoms with Crippen molar-refractivity contribution in [2.75, 3.05) is 0 Å². The molecule has 3 atom stereocenters. The zero-order chi connectivity index (χ0) is 21.2. The minimum absolute atomic E-state index is 0.0305. The lowest BCUT2D eigenvalue weighted by Gasteiger charge is -2.14. The Morgan fingerprint density at radius 3 is 2.55 bits per heavy atom. The first-order chi connectivity index (χ1) is 13.7. The second kappa shape index (κ2) is 9.00. The molecular formula is C22H18FI2NO3. The minimum Gasteiger partial charge on any atom is -0.454 e. The molecule has 1 fully saturated rings. The number of halogens is 3. The van der Waals surface area contributed by atoms with E-state index >= 15 is 0 Å². The first kappa shape index (κ1) is 22.0. The maximum Gasteiger partial charge on any atom is 0.311 e. The average molecular weight is 617 g/mol.